The fourth-order valence-corrected chi connectivity index (χ4v) is 0.0894. The van der Waals surface area contributed by atoms with Crippen molar-refractivity contribution in [3.8, 4) is 0 Å². The molecule has 34 valence electrons. The van der Waals surface area contributed by atoms with Gasteiger partial charge in [0, 0.05) is 0 Å². The van der Waals surface area contributed by atoms with Gasteiger partial charge in [0.1, 0.15) is 0 Å². The van der Waals surface area contributed by atoms with Gasteiger partial charge in [-0.3, -0.25) is 0 Å². The van der Waals surface area contributed by atoms with Gasteiger partial charge in [-0.2, -0.15) is 15.6 Å². The standard InChI is InChI=1S/N5.H3N/c1-2-4-5-3-1;/h;1H3/q-1;/p+1. The van der Waals surface area contributed by atoms with Crippen LogP contribution in [0.3, 0.4) is 0 Å². The largest absolute Gasteiger partial charge is 0.369 e. The summed E-state index contributed by atoms with van der Waals surface area (Å²) in [6, 6.07) is 0. The molecule has 0 aliphatic carbocycles. The lowest BCUT2D eigenvalue weighted by atomic mass is 12.7. The van der Waals surface area contributed by atoms with E-state index < -0.39 is 0 Å². The van der Waals surface area contributed by atoms with E-state index in [1.54, 1.807) is 0 Å². The number of rotatable bonds is 0. The Bertz CT molecular complexity index is 56.5. The zero-order valence-corrected chi connectivity index (χ0v) is 3.24. The molecule has 0 aliphatic rings. The Kier molecular flexibility index (Phi) is 1.83. The molecule has 6 heavy (non-hydrogen) atoms. The van der Waals surface area contributed by atoms with E-state index in [2.05, 4.69) is 26.1 Å². The zero-order valence-electron chi connectivity index (χ0n) is 3.24. The summed E-state index contributed by atoms with van der Waals surface area (Å²) in [5.74, 6) is 0. The minimum atomic E-state index is 0. The van der Waals surface area contributed by atoms with E-state index >= 15 is 0 Å². The van der Waals surface area contributed by atoms with Crippen molar-refractivity contribution in [2.75, 3.05) is 0 Å². The van der Waals surface area contributed by atoms with Gasteiger partial charge in [0.25, 0.3) is 0 Å². The third-order valence-electron chi connectivity index (χ3n) is 0.200. The first kappa shape index (κ1) is 4.96. The van der Waals surface area contributed by atoms with Gasteiger partial charge in [-0.25, -0.2) is 10.4 Å². The molecule has 0 saturated carbocycles. The summed E-state index contributed by atoms with van der Waals surface area (Å²) in [4.78, 5) is 0. The maximum atomic E-state index is 3.00. The molecular formula is H4N6. The molecule has 0 bridgehead atoms. The summed E-state index contributed by atoms with van der Waals surface area (Å²) in [5.41, 5.74) is 0. The molecule has 1 aromatic rings. The summed E-state index contributed by atoms with van der Waals surface area (Å²) in [6.07, 6.45) is 0. The lowest BCUT2D eigenvalue weighted by molar-refractivity contribution is 0.854. The van der Waals surface area contributed by atoms with Crippen LogP contribution in [-0.4, -0.2) is 20.9 Å². The van der Waals surface area contributed by atoms with Crippen molar-refractivity contribution in [2.45, 2.75) is 0 Å². The van der Waals surface area contributed by atoms with E-state index in [9.17, 15) is 0 Å². The van der Waals surface area contributed by atoms with Gasteiger partial charge in [0.15, 0.2) is 0 Å². The molecular weight excluding hydrogens is 84.0 g/mol. The summed E-state index contributed by atoms with van der Waals surface area (Å²) >= 11 is 0. The Morgan fingerprint density at radius 2 is 1.50 bits per heavy atom. The monoisotopic (exact) mass is 88.0 g/mol. The molecule has 0 atom stereocenters. The van der Waals surface area contributed by atoms with Crippen molar-refractivity contribution in [1.82, 2.24) is 32.2 Å². The van der Waals surface area contributed by atoms with Crippen LogP contribution in [0.15, 0.2) is 0 Å². The second-order valence-corrected chi connectivity index (χ2v) is 0.447. The van der Waals surface area contributed by atoms with Crippen LogP contribution < -0.4 is 11.4 Å². The van der Waals surface area contributed by atoms with Crippen molar-refractivity contribution in [3.63, 3.8) is 0 Å². The molecule has 0 amide bonds. The van der Waals surface area contributed by atoms with Gasteiger partial charge in [0.05, 0.1) is 0 Å². The Morgan fingerprint density at radius 3 is 1.67 bits per heavy atom. The molecule has 0 saturated heterocycles. The first-order valence-corrected chi connectivity index (χ1v) is 1.000. The quantitative estimate of drug-likeness (QED) is 0.420. The Hall–Kier alpha value is -1.04. The summed E-state index contributed by atoms with van der Waals surface area (Å²) in [7, 11) is 0. The lowest BCUT2D eigenvalue weighted by Crippen LogP contribution is -1.71. The van der Waals surface area contributed by atoms with Crippen LogP contribution in [0, 0.1) is 0 Å². The minimum Gasteiger partial charge on any atom is -0.369 e. The number of nitrogens with zero attached hydrogens (tertiary/aromatic N) is 5. The van der Waals surface area contributed by atoms with Crippen LogP contribution in [0.1, 0.15) is 0 Å². The molecule has 0 unspecified atom stereocenters. The SMILES string of the molecule is [NH4+].n1nn[n-]n1. The maximum Gasteiger partial charge on any atom is -0.173 e. The first-order chi connectivity index (χ1) is 2.50. The van der Waals surface area contributed by atoms with E-state index in [0.717, 1.165) is 0 Å². The molecule has 1 aromatic heterocycles. The highest BCUT2D eigenvalue weighted by atomic mass is 15.6. The van der Waals surface area contributed by atoms with E-state index in [1.165, 1.54) is 0 Å². The van der Waals surface area contributed by atoms with Gasteiger partial charge >= 0.3 is 0 Å². The van der Waals surface area contributed by atoms with Gasteiger partial charge in [-0.1, -0.05) is 0 Å². The van der Waals surface area contributed by atoms with Crippen LogP contribution in [0.2, 0.25) is 0 Å². The van der Waals surface area contributed by atoms with Gasteiger partial charge in [0.2, 0.25) is 0 Å². The summed E-state index contributed by atoms with van der Waals surface area (Å²) in [5, 5.41) is 15.0. The Morgan fingerprint density at radius 1 is 1.00 bits per heavy atom. The average Bonchev–Trinajstić information content (AvgIpc) is 1.76. The second-order valence-electron chi connectivity index (χ2n) is 0.447. The van der Waals surface area contributed by atoms with Crippen molar-refractivity contribution in [1.29, 1.82) is 0 Å². The van der Waals surface area contributed by atoms with Gasteiger partial charge in [-0.05, 0) is 0 Å². The van der Waals surface area contributed by atoms with Crippen LogP contribution in [0.25, 0.3) is 0 Å². The Balaban J connectivity index is 0.000000250. The number of quaternary nitrogens is 1. The second kappa shape index (κ2) is 2.21. The van der Waals surface area contributed by atoms with Crippen molar-refractivity contribution >= 4 is 0 Å². The van der Waals surface area contributed by atoms with Gasteiger partial charge < -0.3 is 6.15 Å². The van der Waals surface area contributed by atoms with Crippen LogP contribution in [-0.2, 0) is 0 Å². The molecule has 6 nitrogen and oxygen atoms in total. The maximum absolute atomic E-state index is 3.00. The van der Waals surface area contributed by atoms with Crippen molar-refractivity contribution in [3.05, 3.63) is 0 Å². The molecule has 1 heterocycles. The average molecular weight is 88.1 g/mol. The van der Waals surface area contributed by atoms with E-state index in [4.69, 9.17) is 0 Å². The number of aromatic nitrogens is 5. The molecule has 0 radical (unpaired) electrons. The van der Waals surface area contributed by atoms with Gasteiger partial charge in [-0.15, -0.1) is 0 Å². The fourth-order valence-electron chi connectivity index (χ4n) is 0.0894. The van der Waals surface area contributed by atoms with Crippen molar-refractivity contribution in [2.24, 2.45) is 0 Å². The Labute approximate surface area is 33.5 Å². The highest BCUT2D eigenvalue weighted by Crippen LogP contribution is 1.28. The van der Waals surface area contributed by atoms with E-state index in [0.29, 0.717) is 0 Å². The highest BCUT2D eigenvalue weighted by Gasteiger charge is 1.44. The normalized spacial score (nSPS) is 6.67. The van der Waals surface area contributed by atoms with E-state index in [1.807, 2.05) is 0 Å². The molecule has 6 heteroatoms. The molecule has 0 fully saturated rings. The molecule has 0 spiro atoms. The summed E-state index contributed by atoms with van der Waals surface area (Å²) < 4.78 is 0. The highest BCUT2D eigenvalue weighted by molar-refractivity contribution is 3.82. The smallest absolute Gasteiger partial charge is 0.173 e. The number of hydrogen-bond donors (Lipinski definition) is 1. The third kappa shape index (κ3) is 0.725. The van der Waals surface area contributed by atoms with E-state index in [-0.39, 0.29) is 6.15 Å². The van der Waals surface area contributed by atoms with Crippen LogP contribution >= 0.6 is 0 Å². The molecule has 0 aliphatic heterocycles. The lowest BCUT2D eigenvalue weighted by Gasteiger charge is -1.54. The van der Waals surface area contributed by atoms with Crippen LogP contribution in [0.4, 0.5) is 0 Å². The summed E-state index contributed by atoms with van der Waals surface area (Å²) in [6.45, 7) is 0. The molecule has 1 rings (SSSR count). The zero-order chi connectivity index (χ0) is 3.54. The minimum absolute atomic E-state index is 0. The molecule has 0 aromatic carbocycles. The third-order valence-corrected chi connectivity index (χ3v) is 0.200. The topological polar surface area (TPSA) is 102 Å². The predicted molar refractivity (Wildman–Crippen MR) is 16.9 cm³/mol. The molecule has 4 N–H and O–H groups in total. The fraction of sp³-hybridized carbons (Fsp3) is 0. The predicted octanol–water partition coefficient (Wildman–Crippen LogP) is -1.40. The van der Waals surface area contributed by atoms with Crippen molar-refractivity contribution < 1.29 is 0 Å². The van der Waals surface area contributed by atoms with Crippen LogP contribution in [0.5, 0.6) is 0 Å². The first-order valence-electron chi connectivity index (χ1n) is 1.000. The number of hydrogen-bond acceptors (Lipinski definition) is 4.